The smallest absolute Gasteiger partial charge is 0.144 e. The van der Waals surface area contributed by atoms with Crippen LogP contribution < -0.4 is 0 Å². The molecule has 0 aliphatic heterocycles. The Morgan fingerprint density at radius 2 is 1.19 bits per heavy atom. The third-order valence-corrected chi connectivity index (χ3v) is 12.1. The summed E-state index contributed by atoms with van der Waals surface area (Å²) in [5, 5.41) is 9.46. The van der Waals surface area contributed by atoms with Gasteiger partial charge in [-0.05, 0) is 69.5 Å². The number of aryl methyl sites for hydroxylation is 1. The highest BCUT2D eigenvalue weighted by Gasteiger charge is 2.35. The summed E-state index contributed by atoms with van der Waals surface area (Å²) in [6.45, 7) is 11.0. The Kier molecular flexibility index (Phi) is 6.41. The number of rotatable bonds is 4. The second-order valence-corrected chi connectivity index (χ2v) is 15.3. The predicted molar refractivity (Wildman–Crippen MR) is 230 cm³/mol. The summed E-state index contributed by atoms with van der Waals surface area (Å²) in [7, 11) is 0. The van der Waals surface area contributed by atoms with Gasteiger partial charge in [-0.1, -0.05) is 160 Å². The Morgan fingerprint density at radius 1 is 0.556 bits per heavy atom. The van der Waals surface area contributed by atoms with Gasteiger partial charge in [0.2, 0.25) is 0 Å². The van der Waals surface area contributed by atoms with E-state index in [1.165, 1.54) is 71.5 Å². The van der Waals surface area contributed by atoms with Crippen LogP contribution in [0.25, 0.3) is 99.3 Å². The van der Waals surface area contributed by atoms with E-state index >= 15 is 0 Å². The highest BCUT2D eigenvalue weighted by Crippen LogP contribution is 2.52. The molecule has 0 atom stereocenters. The lowest BCUT2D eigenvalue weighted by atomic mass is 9.81. The average molecular weight is 692 g/mol. The fraction of sp³-hybridized carbons (Fsp3) is 0.0769. The van der Waals surface area contributed by atoms with Gasteiger partial charge in [0.15, 0.2) is 0 Å². The molecule has 0 spiro atoms. The molecule has 1 aliphatic carbocycles. The third-order valence-electron chi connectivity index (χ3n) is 12.1. The molecule has 0 amide bonds. The number of fused-ring (bicyclic) bond motifs is 15. The predicted octanol–water partition coefficient (Wildman–Crippen LogP) is 14.5. The summed E-state index contributed by atoms with van der Waals surface area (Å²) in [5.74, 6) is 0. The summed E-state index contributed by atoms with van der Waals surface area (Å²) in [4.78, 5) is 0. The number of hydrogen-bond donors (Lipinski definition) is 0. The summed E-state index contributed by atoms with van der Waals surface area (Å²) < 4.78 is 9.75. The van der Waals surface area contributed by atoms with E-state index in [1.807, 2.05) is 6.08 Å². The van der Waals surface area contributed by atoms with E-state index in [-0.39, 0.29) is 5.41 Å². The molecule has 2 nitrogen and oxygen atoms in total. The van der Waals surface area contributed by atoms with Crippen molar-refractivity contribution in [3.8, 4) is 27.9 Å². The van der Waals surface area contributed by atoms with Crippen molar-refractivity contribution in [3.63, 3.8) is 0 Å². The lowest BCUT2D eigenvalue weighted by Gasteiger charge is -2.22. The molecule has 256 valence electrons. The molecule has 11 rings (SSSR count). The average Bonchev–Trinajstić information content (AvgIpc) is 3.85. The zero-order valence-corrected chi connectivity index (χ0v) is 30.6. The number of benzene rings is 8. The minimum Gasteiger partial charge on any atom is -0.455 e. The Labute approximate surface area is 313 Å². The van der Waals surface area contributed by atoms with E-state index in [1.54, 1.807) is 0 Å². The first kappa shape index (κ1) is 30.9. The minimum absolute atomic E-state index is 0.0959. The number of allylic oxidation sites excluding steroid dienone is 2. The van der Waals surface area contributed by atoms with Gasteiger partial charge in [-0.25, -0.2) is 0 Å². The maximum Gasteiger partial charge on any atom is 0.144 e. The molecule has 0 N–H and O–H groups in total. The van der Waals surface area contributed by atoms with Gasteiger partial charge in [-0.2, -0.15) is 0 Å². The Morgan fingerprint density at radius 3 is 1.98 bits per heavy atom. The molecule has 54 heavy (non-hydrogen) atoms. The quantitative estimate of drug-likeness (QED) is 0.168. The zero-order valence-electron chi connectivity index (χ0n) is 30.6. The molecule has 1 aliphatic rings. The first-order valence-corrected chi connectivity index (χ1v) is 18.8. The largest absolute Gasteiger partial charge is 0.455 e. The van der Waals surface area contributed by atoms with Crippen molar-refractivity contribution in [3.05, 3.63) is 181 Å². The highest BCUT2D eigenvalue weighted by molar-refractivity contribution is 6.39. The van der Waals surface area contributed by atoms with Crippen molar-refractivity contribution in [2.24, 2.45) is 0 Å². The Balaban J connectivity index is 1.34. The second-order valence-electron chi connectivity index (χ2n) is 15.3. The Hall–Kier alpha value is -6.64. The minimum atomic E-state index is -0.0959. The first-order valence-electron chi connectivity index (χ1n) is 18.8. The molecule has 2 heterocycles. The van der Waals surface area contributed by atoms with Gasteiger partial charge in [0.05, 0.1) is 11.0 Å². The van der Waals surface area contributed by atoms with Gasteiger partial charge in [-0.3, -0.25) is 0 Å². The number of hydrogen-bond acceptors (Lipinski definition) is 1. The molecule has 10 aromatic rings. The van der Waals surface area contributed by atoms with Gasteiger partial charge < -0.3 is 8.98 Å². The van der Waals surface area contributed by atoms with Crippen LogP contribution in [0.15, 0.2) is 163 Å². The summed E-state index contributed by atoms with van der Waals surface area (Å²) in [6.07, 6.45) is 6.18. The standard InChI is InChI=1S/C52H37NO/c1-5-6-19-35-31(2)34-20-10-11-22-39(34)48-45(35)47-46-42-26-16-25-36(32-28-29-38-37-21-14-15-27-43(37)52(3,4)44(38)30-32)50(42)54-51(46)41-24-13-12-23-40(41)49(47)53(48)33-17-8-7-9-18-33/h5-30H,1H2,2-4H3/b19-6-. The van der Waals surface area contributed by atoms with Crippen molar-refractivity contribution >= 4 is 71.4 Å². The molecule has 0 bridgehead atoms. The number of furan rings is 1. The number of nitrogens with zero attached hydrogens (tertiary/aromatic N) is 1. The van der Waals surface area contributed by atoms with Crippen LogP contribution >= 0.6 is 0 Å². The van der Waals surface area contributed by atoms with Crippen LogP contribution in [-0.4, -0.2) is 4.57 Å². The molecule has 8 aromatic carbocycles. The van der Waals surface area contributed by atoms with Crippen molar-refractivity contribution in [2.75, 3.05) is 0 Å². The van der Waals surface area contributed by atoms with Crippen LogP contribution in [-0.2, 0) is 5.41 Å². The van der Waals surface area contributed by atoms with Crippen molar-refractivity contribution in [1.82, 2.24) is 4.57 Å². The van der Waals surface area contributed by atoms with E-state index in [4.69, 9.17) is 4.42 Å². The molecule has 0 fully saturated rings. The van der Waals surface area contributed by atoms with Gasteiger partial charge >= 0.3 is 0 Å². The monoisotopic (exact) mass is 691 g/mol. The number of aromatic nitrogens is 1. The van der Waals surface area contributed by atoms with Crippen molar-refractivity contribution in [1.29, 1.82) is 0 Å². The maximum absolute atomic E-state index is 7.25. The topological polar surface area (TPSA) is 18.1 Å². The molecular formula is C52H37NO. The lowest BCUT2D eigenvalue weighted by molar-refractivity contribution is 0.660. The fourth-order valence-electron chi connectivity index (χ4n) is 9.69. The van der Waals surface area contributed by atoms with Crippen LogP contribution in [0.1, 0.15) is 36.1 Å². The van der Waals surface area contributed by atoms with Crippen LogP contribution in [0.5, 0.6) is 0 Å². The molecule has 2 aromatic heterocycles. The van der Waals surface area contributed by atoms with Gasteiger partial charge in [0.1, 0.15) is 11.2 Å². The molecule has 0 radical (unpaired) electrons. The maximum atomic E-state index is 7.25. The molecule has 0 saturated heterocycles. The molecular weight excluding hydrogens is 655 g/mol. The van der Waals surface area contributed by atoms with Crippen molar-refractivity contribution in [2.45, 2.75) is 26.2 Å². The Bertz CT molecular complexity index is 3260. The van der Waals surface area contributed by atoms with Crippen LogP contribution in [0.3, 0.4) is 0 Å². The first-order chi connectivity index (χ1) is 26.5. The number of para-hydroxylation sites is 2. The normalized spacial score (nSPS) is 13.6. The summed E-state index contributed by atoms with van der Waals surface area (Å²) in [6, 6.07) is 51.0. The summed E-state index contributed by atoms with van der Waals surface area (Å²) >= 11 is 0. The highest BCUT2D eigenvalue weighted by atomic mass is 16.3. The van der Waals surface area contributed by atoms with E-state index in [9.17, 15) is 0 Å². The van der Waals surface area contributed by atoms with E-state index < -0.39 is 0 Å². The SMILES string of the molecule is C=C/C=C\c1c(C)c2ccccc2c2c1c1c3c4cccc(-c5ccc6c(c5)C(C)(C)c5ccccc5-6)c4oc3c3ccccc3c1n2-c1ccccc1. The van der Waals surface area contributed by atoms with Crippen molar-refractivity contribution < 1.29 is 4.42 Å². The van der Waals surface area contributed by atoms with Gasteiger partial charge in [0, 0.05) is 54.4 Å². The van der Waals surface area contributed by atoms with E-state index in [0.29, 0.717) is 0 Å². The molecule has 0 unspecified atom stereocenters. The van der Waals surface area contributed by atoms with Crippen LogP contribution in [0.4, 0.5) is 0 Å². The molecule has 0 saturated carbocycles. The van der Waals surface area contributed by atoms with Crippen LogP contribution in [0.2, 0.25) is 0 Å². The zero-order chi connectivity index (χ0) is 36.3. The van der Waals surface area contributed by atoms with E-state index in [0.717, 1.165) is 44.0 Å². The second kappa shape index (κ2) is 11.2. The molecule has 2 heteroatoms. The van der Waals surface area contributed by atoms with E-state index in [2.05, 4.69) is 184 Å². The van der Waals surface area contributed by atoms with Gasteiger partial charge in [-0.15, -0.1) is 0 Å². The summed E-state index contributed by atoms with van der Waals surface area (Å²) in [5.41, 5.74) is 15.4. The third kappa shape index (κ3) is 4.00. The van der Waals surface area contributed by atoms with Gasteiger partial charge in [0.25, 0.3) is 0 Å². The fourth-order valence-corrected chi connectivity index (χ4v) is 9.69. The van der Waals surface area contributed by atoms with Crippen LogP contribution in [0, 0.1) is 6.92 Å². The lowest BCUT2D eigenvalue weighted by Crippen LogP contribution is -2.14.